The predicted molar refractivity (Wildman–Crippen MR) is 370 cm³/mol. The fourth-order valence-corrected chi connectivity index (χ4v) is 12.6. The van der Waals surface area contributed by atoms with Crippen molar-refractivity contribution in [2.45, 2.75) is 26.2 Å². The molecule has 0 spiro atoms. The summed E-state index contributed by atoms with van der Waals surface area (Å²) in [6.07, 6.45) is 0. The molecule has 0 unspecified atom stereocenters. The van der Waals surface area contributed by atoms with E-state index in [1.165, 1.54) is 22.3 Å². The summed E-state index contributed by atoms with van der Waals surface area (Å²) in [5.41, 5.74) is 16.9. The average Bonchev–Trinajstić information content (AvgIpc) is 1.82. The number of morpholine rings is 4. The summed E-state index contributed by atoms with van der Waals surface area (Å²) in [6, 6.07) is 58.3. The first-order chi connectivity index (χ1) is 45.7. The van der Waals surface area contributed by atoms with Gasteiger partial charge >= 0.3 is 5.95 Å². The fourth-order valence-electron chi connectivity index (χ4n) is 11.6. The molecule has 4 aromatic carbocycles. The number of hydrogen-bond donors (Lipinski definition) is 0. The van der Waals surface area contributed by atoms with E-state index in [1.54, 1.807) is 9.03 Å². The Labute approximate surface area is 565 Å². The molecule has 0 radical (unpaired) electrons. The number of halogens is 3. The lowest BCUT2D eigenvalue weighted by Gasteiger charge is -2.26. The molecule has 21 nitrogen and oxygen atoms in total. The lowest BCUT2D eigenvalue weighted by Crippen LogP contribution is -2.35. The minimum atomic E-state index is 0.173. The normalized spacial score (nSPS) is 15.9. The highest BCUT2D eigenvalue weighted by Crippen LogP contribution is 2.27. The molecule has 0 amide bonds. The van der Waals surface area contributed by atoms with Crippen LogP contribution < -0.4 is 0 Å². The Bertz CT molecular complexity index is 4130. The van der Waals surface area contributed by atoms with Gasteiger partial charge in [0.25, 0.3) is 0 Å². The number of pyridine rings is 4. The van der Waals surface area contributed by atoms with Crippen molar-refractivity contribution in [3.8, 4) is 45.0 Å². The molecule has 12 heterocycles. The van der Waals surface area contributed by atoms with Crippen LogP contribution in [0.5, 0.6) is 0 Å². The molecule has 93 heavy (non-hydrogen) atoms. The van der Waals surface area contributed by atoms with Gasteiger partial charge in [0.2, 0.25) is 19.5 Å². The first-order valence-corrected chi connectivity index (χ1v) is 33.3. The van der Waals surface area contributed by atoms with Gasteiger partial charge in [-0.25, -0.2) is 23.5 Å². The van der Waals surface area contributed by atoms with E-state index in [-0.39, 0.29) is 11.2 Å². The van der Waals surface area contributed by atoms with E-state index in [9.17, 15) is 0 Å². The van der Waals surface area contributed by atoms with Crippen LogP contribution in [0.15, 0.2) is 175 Å². The van der Waals surface area contributed by atoms with E-state index in [0.717, 1.165) is 197 Å². The van der Waals surface area contributed by atoms with Gasteiger partial charge in [-0.05, 0) is 98.3 Å². The summed E-state index contributed by atoms with van der Waals surface area (Å²) in [7, 11) is 0. The van der Waals surface area contributed by atoms with Gasteiger partial charge in [0.15, 0.2) is 16.9 Å². The molecule has 8 aromatic heterocycles. The summed E-state index contributed by atoms with van der Waals surface area (Å²) in [4.78, 5) is 30.1. The van der Waals surface area contributed by atoms with Crippen molar-refractivity contribution >= 4 is 78.7 Å². The van der Waals surface area contributed by atoms with E-state index < -0.39 is 0 Å². The predicted octanol–water partition coefficient (Wildman–Crippen LogP) is 11.5. The quantitative estimate of drug-likeness (QED) is 0.0833. The van der Waals surface area contributed by atoms with Crippen LogP contribution in [-0.2, 0) is 45.1 Å². The smallest absolute Gasteiger partial charge is 0.393 e. The van der Waals surface area contributed by atoms with Crippen LogP contribution in [0.1, 0.15) is 22.3 Å². The molecular formula is C69H68BrClIN17O4. The average molecular weight is 1440 g/mol. The highest BCUT2D eigenvalue weighted by atomic mass is 127. The van der Waals surface area contributed by atoms with Crippen LogP contribution >= 0.6 is 50.1 Å². The largest absolute Gasteiger partial charge is 0.394 e. The third kappa shape index (κ3) is 16.3. The summed E-state index contributed by atoms with van der Waals surface area (Å²) in [6.45, 7) is 25.6. The molecule has 16 rings (SSSR count). The molecule has 474 valence electrons. The third-order valence-electron chi connectivity index (χ3n) is 16.5. The van der Waals surface area contributed by atoms with Crippen molar-refractivity contribution in [3.05, 3.63) is 217 Å². The number of ether oxygens (including phenoxy) is 4. The number of hydrogen-bond acceptors (Lipinski definition) is 16. The minimum absolute atomic E-state index is 0.173. The monoisotopic (exact) mass is 1440 g/mol. The summed E-state index contributed by atoms with van der Waals surface area (Å²) in [5, 5.41) is 17.7. The van der Waals surface area contributed by atoms with Crippen LogP contribution in [0.4, 0.5) is 5.95 Å². The van der Waals surface area contributed by atoms with Gasteiger partial charge in [0, 0.05) is 123 Å². The molecule has 4 aliphatic rings. The molecule has 0 aliphatic carbocycles. The van der Waals surface area contributed by atoms with Gasteiger partial charge in [0.05, 0.1) is 75.6 Å². The maximum atomic E-state index is 7.07. The van der Waals surface area contributed by atoms with Gasteiger partial charge in [-0.15, -0.1) is 26.9 Å². The van der Waals surface area contributed by atoms with Crippen molar-refractivity contribution in [2.24, 2.45) is 0 Å². The van der Waals surface area contributed by atoms with E-state index in [0.29, 0.717) is 10.4 Å². The number of fused-ring (bicyclic) bond motifs is 4. The second kappa shape index (κ2) is 30.9. The standard InChI is InChI=1S/C18H17N5O.C17H17BrN4O.C17H17ClN4O.C17H17IN4O/c1-19-18-20-17-4-2-3-16(23(17)21-18)15-7-5-14(6-8-15)13-22-9-11-24-12-10-22;3*18-17-19-16-3-1-2-15(22(16)20-17)14-6-4-13(5-7-14)12-21-8-10-23-11-9-21/h2-8H,9-13H2;3*1-7H,8-12H2. The van der Waals surface area contributed by atoms with E-state index in [1.807, 2.05) is 69.7 Å². The molecule has 0 saturated carbocycles. The minimum Gasteiger partial charge on any atom is -0.393 e. The summed E-state index contributed by atoms with van der Waals surface area (Å²) in [5.74, 6) is 0.173. The van der Waals surface area contributed by atoms with Crippen molar-refractivity contribution < 1.29 is 18.9 Å². The van der Waals surface area contributed by atoms with Gasteiger partial charge in [-0.2, -0.15) is 9.50 Å². The molecule has 0 N–H and O–H groups in total. The summed E-state index contributed by atoms with van der Waals surface area (Å²) < 4.78 is 30.2. The van der Waals surface area contributed by atoms with E-state index >= 15 is 0 Å². The molecule has 4 fully saturated rings. The molecular weight excluding hydrogens is 1370 g/mol. The maximum absolute atomic E-state index is 7.07. The third-order valence-corrected chi connectivity index (χ3v) is 17.4. The zero-order valence-electron chi connectivity index (χ0n) is 51.2. The van der Waals surface area contributed by atoms with Crippen molar-refractivity contribution in [3.63, 3.8) is 0 Å². The summed E-state index contributed by atoms with van der Waals surface area (Å²) >= 11 is 11.4. The van der Waals surface area contributed by atoms with Crippen LogP contribution in [0.25, 0.3) is 72.5 Å². The van der Waals surface area contributed by atoms with Gasteiger partial charge < -0.3 is 23.8 Å². The Morgan fingerprint density at radius 3 is 1.03 bits per heavy atom. The van der Waals surface area contributed by atoms with Crippen molar-refractivity contribution in [1.29, 1.82) is 0 Å². The van der Waals surface area contributed by atoms with Gasteiger partial charge in [-0.1, -0.05) is 126 Å². The van der Waals surface area contributed by atoms with Gasteiger partial charge in [-0.3, -0.25) is 19.6 Å². The Morgan fingerprint density at radius 1 is 0.376 bits per heavy atom. The second-order valence-corrected chi connectivity index (χ2v) is 24.7. The highest BCUT2D eigenvalue weighted by Gasteiger charge is 2.18. The fraction of sp³-hybridized carbons (Fsp3) is 0.290. The Hall–Kier alpha value is -7.97. The first kappa shape index (κ1) is 63.8. The van der Waals surface area contributed by atoms with Gasteiger partial charge in [0.1, 0.15) is 0 Å². The number of nitrogens with zero attached hydrogens (tertiary/aromatic N) is 17. The van der Waals surface area contributed by atoms with Crippen LogP contribution in [0.2, 0.25) is 5.28 Å². The lowest BCUT2D eigenvalue weighted by molar-refractivity contribution is 0.0341. The first-order valence-electron chi connectivity index (χ1n) is 31.1. The van der Waals surface area contributed by atoms with E-state index in [2.05, 4.69) is 212 Å². The molecule has 12 aromatic rings. The lowest BCUT2D eigenvalue weighted by atomic mass is 10.1. The highest BCUT2D eigenvalue weighted by molar-refractivity contribution is 14.1. The second-order valence-electron chi connectivity index (χ2n) is 22.7. The molecule has 0 bridgehead atoms. The number of benzene rings is 4. The zero-order valence-corrected chi connectivity index (χ0v) is 55.7. The number of rotatable bonds is 12. The van der Waals surface area contributed by atoms with Crippen molar-refractivity contribution in [2.75, 3.05) is 105 Å². The topological polar surface area (TPSA) is 175 Å². The molecule has 0 atom stereocenters. The number of aromatic nitrogens is 12. The molecule has 4 saturated heterocycles. The van der Waals surface area contributed by atoms with Crippen molar-refractivity contribution in [1.82, 2.24) is 78.0 Å². The van der Waals surface area contributed by atoms with Crippen LogP contribution in [-0.4, -0.2) is 183 Å². The Balaban J connectivity index is 0.000000113. The molecule has 24 heteroatoms. The maximum Gasteiger partial charge on any atom is 0.394 e. The Morgan fingerprint density at radius 2 is 0.677 bits per heavy atom. The van der Waals surface area contributed by atoms with Crippen LogP contribution in [0, 0.1) is 10.4 Å². The Kier molecular flexibility index (Phi) is 21.2. The van der Waals surface area contributed by atoms with E-state index in [4.69, 9.17) is 37.1 Å². The molecule has 4 aliphatic heterocycles. The SMILES string of the molecule is Brc1nc2cccc(-c3ccc(CN4CCOCC4)cc3)n2n1.Clc1nc2cccc(-c3ccc(CN4CCOCC4)cc3)n2n1.Ic1nc2cccc(-c3ccc(CN4CCOCC4)cc3)n2n1.[C-]#[N+]c1nc2cccc(-c3ccc(CN4CCOCC4)cc3)n2n1. The van der Waals surface area contributed by atoms with Crippen LogP contribution in [0.3, 0.4) is 0 Å². The zero-order chi connectivity index (χ0) is 63.3.